The van der Waals surface area contributed by atoms with Crippen LogP contribution in [-0.4, -0.2) is 31.0 Å². The van der Waals surface area contributed by atoms with Crippen LogP contribution in [0.25, 0.3) is 0 Å². The number of nitrogens with zero attached hydrogens (tertiary/aromatic N) is 2. The first-order valence-electron chi connectivity index (χ1n) is 6.75. The molecule has 0 saturated carbocycles. The van der Waals surface area contributed by atoms with Gasteiger partial charge in [-0.3, -0.25) is 4.79 Å². The van der Waals surface area contributed by atoms with Crippen LogP contribution < -0.4 is 5.73 Å². The summed E-state index contributed by atoms with van der Waals surface area (Å²) in [4.78, 5) is 11.1. The van der Waals surface area contributed by atoms with E-state index in [1.165, 1.54) is 36.4 Å². The van der Waals surface area contributed by atoms with E-state index in [4.69, 9.17) is 17.3 Å². The van der Waals surface area contributed by atoms with Gasteiger partial charge in [-0.25, -0.2) is 4.39 Å². The van der Waals surface area contributed by atoms with Crippen LogP contribution in [0.15, 0.2) is 52.5 Å². The second-order valence-electron chi connectivity index (χ2n) is 5.02. The highest BCUT2D eigenvalue weighted by atomic mass is 35.5. The molecule has 0 aliphatic carbocycles. The van der Waals surface area contributed by atoms with Crippen molar-refractivity contribution in [2.45, 2.75) is 4.90 Å². The van der Waals surface area contributed by atoms with Gasteiger partial charge in [0.2, 0.25) is 5.91 Å². The lowest BCUT2D eigenvalue weighted by atomic mass is 10.0. The zero-order chi connectivity index (χ0) is 17.5. The van der Waals surface area contributed by atoms with Gasteiger partial charge in [0.05, 0.1) is 4.90 Å². The number of benzene rings is 2. The van der Waals surface area contributed by atoms with Crippen LogP contribution in [0.4, 0.5) is 4.39 Å². The van der Waals surface area contributed by atoms with Crippen LogP contribution in [-0.2, 0) is 14.8 Å². The van der Waals surface area contributed by atoms with Crippen molar-refractivity contribution in [3.05, 3.63) is 64.4 Å². The third-order valence-electron chi connectivity index (χ3n) is 3.38. The molecule has 6 nitrogen and oxygen atoms in total. The molecule has 0 aromatic heterocycles. The van der Waals surface area contributed by atoms with E-state index in [-0.39, 0.29) is 26.8 Å². The van der Waals surface area contributed by atoms with Gasteiger partial charge in [0.25, 0.3) is 10.0 Å². The quantitative estimate of drug-likeness (QED) is 0.895. The molecule has 1 aliphatic rings. The van der Waals surface area contributed by atoms with E-state index in [0.717, 1.165) is 0 Å². The number of hydrogen-bond donors (Lipinski definition) is 1. The average molecular weight is 368 g/mol. The van der Waals surface area contributed by atoms with Crippen molar-refractivity contribution >= 4 is 33.2 Å². The number of sulfonamides is 1. The van der Waals surface area contributed by atoms with Crippen LogP contribution in [0, 0.1) is 5.82 Å². The Morgan fingerprint density at radius 2 is 1.92 bits per heavy atom. The lowest BCUT2D eigenvalue weighted by Gasteiger charge is -2.26. The Morgan fingerprint density at radius 1 is 1.21 bits per heavy atom. The number of rotatable bonds is 3. The summed E-state index contributed by atoms with van der Waals surface area (Å²) in [5.41, 5.74) is 5.40. The number of primary amides is 1. The highest BCUT2D eigenvalue weighted by Gasteiger charge is 2.34. The summed E-state index contributed by atoms with van der Waals surface area (Å²) >= 11 is 5.95. The number of carbonyl (C=O) groups excluding carboxylic acids is 1. The zero-order valence-electron chi connectivity index (χ0n) is 12.1. The Bertz CT molecular complexity index is 976. The van der Waals surface area contributed by atoms with Gasteiger partial charge in [0.15, 0.2) is 0 Å². The molecule has 0 saturated heterocycles. The fourth-order valence-electron chi connectivity index (χ4n) is 2.35. The SMILES string of the molecule is NC(=O)CN1N=C(c2ccccc2F)c2cc(Cl)ccc2S1(=O)=O. The molecule has 24 heavy (non-hydrogen) atoms. The Labute approximate surface area is 142 Å². The predicted molar refractivity (Wildman–Crippen MR) is 86.6 cm³/mol. The molecule has 124 valence electrons. The van der Waals surface area contributed by atoms with Gasteiger partial charge in [-0.15, -0.1) is 0 Å². The largest absolute Gasteiger partial charge is 0.368 e. The van der Waals surface area contributed by atoms with Crippen molar-refractivity contribution in [2.75, 3.05) is 6.54 Å². The molecule has 0 bridgehead atoms. The van der Waals surface area contributed by atoms with Gasteiger partial charge in [-0.1, -0.05) is 23.7 Å². The number of fused-ring (bicyclic) bond motifs is 1. The predicted octanol–water partition coefficient (Wildman–Crippen LogP) is 1.72. The summed E-state index contributed by atoms with van der Waals surface area (Å²) in [7, 11) is -4.08. The van der Waals surface area contributed by atoms with Gasteiger partial charge < -0.3 is 5.73 Å². The Kier molecular flexibility index (Phi) is 4.02. The molecular formula is C15H11ClFN3O3S. The molecule has 2 aromatic carbocycles. The minimum Gasteiger partial charge on any atom is -0.368 e. The molecule has 0 radical (unpaired) electrons. The third kappa shape index (κ3) is 2.74. The fraction of sp³-hybridized carbons (Fsp3) is 0.0667. The molecule has 1 aliphatic heterocycles. The van der Waals surface area contributed by atoms with Crippen molar-refractivity contribution < 1.29 is 17.6 Å². The van der Waals surface area contributed by atoms with Crippen LogP contribution >= 0.6 is 11.6 Å². The Balaban J connectivity index is 2.30. The normalized spacial score (nSPS) is 15.6. The minimum absolute atomic E-state index is 0.0571. The monoisotopic (exact) mass is 367 g/mol. The maximum atomic E-state index is 14.2. The minimum atomic E-state index is -4.08. The van der Waals surface area contributed by atoms with Crippen molar-refractivity contribution in [3.63, 3.8) is 0 Å². The molecular weight excluding hydrogens is 357 g/mol. The maximum absolute atomic E-state index is 14.2. The molecule has 1 amide bonds. The Hall–Kier alpha value is -2.45. The standard InChI is InChI=1S/C15H11ClFN3O3S/c16-9-5-6-13-11(7-9)15(10-3-1-2-4-12(10)17)19-20(8-14(18)21)24(13,22)23/h1-7H,8H2,(H2,18,21). The summed E-state index contributed by atoms with van der Waals surface area (Å²) in [5, 5.41) is 4.23. The summed E-state index contributed by atoms with van der Waals surface area (Å²) in [5.74, 6) is -1.46. The molecule has 0 fully saturated rings. The van der Waals surface area contributed by atoms with Gasteiger partial charge in [0.1, 0.15) is 18.1 Å². The van der Waals surface area contributed by atoms with E-state index in [1.807, 2.05) is 0 Å². The Morgan fingerprint density at radius 3 is 2.58 bits per heavy atom. The summed E-state index contributed by atoms with van der Waals surface area (Å²) in [6.07, 6.45) is 0. The number of nitrogens with two attached hydrogens (primary N) is 1. The van der Waals surface area contributed by atoms with E-state index < -0.39 is 28.3 Å². The molecule has 1 heterocycles. The van der Waals surface area contributed by atoms with Crippen molar-refractivity contribution in [1.29, 1.82) is 0 Å². The molecule has 0 spiro atoms. The second-order valence-corrected chi connectivity index (χ2v) is 7.27. The van der Waals surface area contributed by atoms with Gasteiger partial charge in [-0.2, -0.15) is 17.9 Å². The molecule has 9 heteroatoms. The number of hydrazone groups is 1. The average Bonchev–Trinajstić information content (AvgIpc) is 2.50. The summed E-state index contributed by atoms with van der Waals surface area (Å²) < 4.78 is 39.9. The topological polar surface area (TPSA) is 92.8 Å². The first-order chi connectivity index (χ1) is 11.3. The molecule has 2 N–H and O–H groups in total. The highest BCUT2D eigenvalue weighted by molar-refractivity contribution is 7.89. The van der Waals surface area contributed by atoms with Gasteiger partial charge >= 0.3 is 0 Å². The van der Waals surface area contributed by atoms with E-state index in [9.17, 15) is 17.6 Å². The van der Waals surface area contributed by atoms with E-state index in [1.54, 1.807) is 6.07 Å². The van der Waals surface area contributed by atoms with Crippen molar-refractivity contribution in [1.82, 2.24) is 4.41 Å². The third-order valence-corrected chi connectivity index (χ3v) is 5.30. The first kappa shape index (κ1) is 16.4. The lowest BCUT2D eigenvalue weighted by molar-refractivity contribution is -0.118. The van der Waals surface area contributed by atoms with Crippen LogP contribution in [0.3, 0.4) is 0 Å². The van der Waals surface area contributed by atoms with Crippen molar-refractivity contribution in [2.24, 2.45) is 10.8 Å². The zero-order valence-corrected chi connectivity index (χ0v) is 13.7. The smallest absolute Gasteiger partial charge is 0.280 e. The fourth-order valence-corrected chi connectivity index (χ4v) is 3.91. The molecule has 0 unspecified atom stereocenters. The van der Waals surface area contributed by atoms with Crippen LogP contribution in [0.5, 0.6) is 0 Å². The van der Waals surface area contributed by atoms with E-state index in [2.05, 4.69) is 5.10 Å². The lowest BCUT2D eigenvalue weighted by Crippen LogP contribution is -2.39. The molecule has 0 atom stereocenters. The first-order valence-corrected chi connectivity index (χ1v) is 8.57. The second kappa shape index (κ2) is 5.88. The van der Waals surface area contributed by atoms with E-state index in [0.29, 0.717) is 4.41 Å². The van der Waals surface area contributed by atoms with Crippen LogP contribution in [0.1, 0.15) is 11.1 Å². The van der Waals surface area contributed by atoms with Gasteiger partial charge in [0, 0.05) is 16.1 Å². The van der Waals surface area contributed by atoms with Crippen LogP contribution in [0.2, 0.25) is 5.02 Å². The van der Waals surface area contributed by atoms with Gasteiger partial charge in [-0.05, 0) is 30.3 Å². The maximum Gasteiger partial charge on any atom is 0.280 e. The molecule has 3 rings (SSSR count). The molecule has 2 aromatic rings. The summed E-state index contributed by atoms with van der Waals surface area (Å²) in [6.45, 7) is -0.650. The number of amides is 1. The summed E-state index contributed by atoms with van der Waals surface area (Å²) in [6, 6.07) is 9.84. The number of halogens is 2. The van der Waals surface area contributed by atoms with Crippen molar-refractivity contribution in [3.8, 4) is 0 Å². The highest BCUT2D eigenvalue weighted by Crippen LogP contribution is 2.31. The number of carbonyl (C=O) groups is 1. The number of hydrogen-bond acceptors (Lipinski definition) is 4. The van der Waals surface area contributed by atoms with E-state index >= 15 is 0 Å².